The molecule has 0 fully saturated rings. The third-order valence-electron chi connectivity index (χ3n) is 5.61. The molecule has 2 aromatic carbocycles. The zero-order valence-corrected chi connectivity index (χ0v) is 20.2. The van der Waals surface area contributed by atoms with Crippen LogP contribution in [0.15, 0.2) is 53.5 Å². The van der Waals surface area contributed by atoms with Gasteiger partial charge in [0.2, 0.25) is 0 Å². The SMILES string of the molecule is CC(C)(C)c1ccc2c(c1)Oc1cc(C(C)(C)C)ccc1N2C1C=CC(I)=NC1. The third kappa shape index (κ3) is 3.96. The monoisotopic (exact) mass is 500 g/mol. The van der Waals surface area contributed by atoms with Crippen molar-refractivity contribution in [3.63, 3.8) is 0 Å². The predicted octanol–water partition coefficient (Wildman–Crippen LogP) is 7.30. The molecule has 0 bridgehead atoms. The predicted molar refractivity (Wildman–Crippen MR) is 132 cm³/mol. The Labute approximate surface area is 188 Å². The van der Waals surface area contributed by atoms with E-state index in [0.717, 1.165) is 33.1 Å². The summed E-state index contributed by atoms with van der Waals surface area (Å²) in [6.07, 6.45) is 4.36. The number of ether oxygens (including phenoxy) is 1. The number of nitrogens with zero attached hydrogens (tertiary/aromatic N) is 2. The lowest BCUT2D eigenvalue weighted by Gasteiger charge is -2.38. The lowest BCUT2D eigenvalue weighted by atomic mass is 9.85. The van der Waals surface area contributed by atoms with Gasteiger partial charge in [0, 0.05) is 0 Å². The average Bonchev–Trinajstić information content (AvgIpc) is 2.64. The largest absolute Gasteiger partial charge is 0.453 e. The number of benzene rings is 2. The van der Waals surface area contributed by atoms with Crippen LogP contribution in [-0.2, 0) is 10.8 Å². The van der Waals surface area contributed by atoms with Crippen LogP contribution < -0.4 is 9.64 Å². The molecule has 0 radical (unpaired) electrons. The van der Waals surface area contributed by atoms with E-state index in [1.54, 1.807) is 0 Å². The molecule has 4 heteroatoms. The van der Waals surface area contributed by atoms with E-state index in [9.17, 15) is 0 Å². The molecule has 0 saturated heterocycles. The number of halogens is 1. The standard InChI is InChI=1S/C25H29IN2O/c1-24(2,3)16-7-10-19-21(13-16)29-22-14-17(25(4,5)6)8-11-20(22)28(19)18-9-12-23(26)27-15-18/h7-14,18H,15H2,1-6H3. The van der Waals surface area contributed by atoms with Gasteiger partial charge in [0.15, 0.2) is 11.5 Å². The summed E-state index contributed by atoms with van der Waals surface area (Å²) in [5.74, 6) is 1.85. The first-order chi connectivity index (χ1) is 13.5. The third-order valence-corrected chi connectivity index (χ3v) is 6.31. The van der Waals surface area contributed by atoms with Crippen molar-refractivity contribution in [1.29, 1.82) is 0 Å². The summed E-state index contributed by atoms with van der Waals surface area (Å²) in [5, 5.41) is 0. The van der Waals surface area contributed by atoms with Gasteiger partial charge in [0.05, 0.1) is 27.7 Å². The summed E-state index contributed by atoms with van der Waals surface area (Å²) in [7, 11) is 0. The van der Waals surface area contributed by atoms with Crippen LogP contribution in [-0.4, -0.2) is 16.3 Å². The van der Waals surface area contributed by atoms with E-state index in [2.05, 4.69) is 123 Å². The Kier molecular flexibility index (Phi) is 5.04. The zero-order chi connectivity index (χ0) is 21.0. The van der Waals surface area contributed by atoms with Gasteiger partial charge in [-0.3, -0.25) is 4.99 Å². The number of rotatable bonds is 1. The maximum atomic E-state index is 6.49. The molecule has 0 spiro atoms. The lowest BCUT2D eigenvalue weighted by molar-refractivity contribution is 0.463. The Morgan fingerprint density at radius 2 is 1.41 bits per heavy atom. The van der Waals surface area contributed by atoms with E-state index in [1.165, 1.54) is 11.1 Å². The van der Waals surface area contributed by atoms with E-state index in [1.807, 2.05) is 0 Å². The fraction of sp³-hybridized carbons (Fsp3) is 0.400. The molecular formula is C25H29IN2O. The first-order valence-electron chi connectivity index (χ1n) is 10.2. The highest BCUT2D eigenvalue weighted by atomic mass is 127. The molecule has 0 aromatic heterocycles. The van der Waals surface area contributed by atoms with Gasteiger partial charge >= 0.3 is 0 Å². The van der Waals surface area contributed by atoms with E-state index in [4.69, 9.17) is 4.74 Å². The molecule has 4 rings (SSSR count). The van der Waals surface area contributed by atoms with Gasteiger partial charge in [-0.25, -0.2) is 0 Å². The average molecular weight is 500 g/mol. The van der Waals surface area contributed by atoms with Gasteiger partial charge in [-0.2, -0.15) is 0 Å². The summed E-state index contributed by atoms with van der Waals surface area (Å²) in [4.78, 5) is 7.07. The molecular weight excluding hydrogens is 471 g/mol. The second-order valence-electron chi connectivity index (χ2n) is 9.93. The molecule has 3 nitrogen and oxygen atoms in total. The summed E-state index contributed by atoms with van der Waals surface area (Å²) < 4.78 is 7.54. The molecule has 152 valence electrons. The van der Waals surface area contributed by atoms with E-state index < -0.39 is 0 Å². The van der Waals surface area contributed by atoms with Gasteiger partial charge < -0.3 is 9.64 Å². The van der Waals surface area contributed by atoms with Gasteiger partial charge in [-0.05, 0) is 74.9 Å². The zero-order valence-electron chi connectivity index (χ0n) is 18.1. The fourth-order valence-corrected chi connectivity index (χ4v) is 4.19. The summed E-state index contributed by atoms with van der Waals surface area (Å²) >= 11 is 2.28. The molecule has 0 amide bonds. The van der Waals surface area contributed by atoms with Crippen LogP contribution in [0.2, 0.25) is 0 Å². The number of hydrogen-bond acceptors (Lipinski definition) is 3. The molecule has 0 N–H and O–H groups in total. The second kappa shape index (κ2) is 7.15. The Morgan fingerprint density at radius 3 is 1.83 bits per heavy atom. The van der Waals surface area contributed by atoms with Crippen molar-refractivity contribution in [1.82, 2.24) is 0 Å². The summed E-state index contributed by atoms with van der Waals surface area (Å²) in [5.41, 5.74) is 4.91. The number of hydrogen-bond donors (Lipinski definition) is 0. The van der Waals surface area contributed by atoms with Crippen molar-refractivity contribution in [3.05, 3.63) is 59.7 Å². The number of dihydropyridines is 1. The molecule has 2 aliphatic rings. The lowest BCUT2D eigenvalue weighted by Crippen LogP contribution is -2.35. The highest BCUT2D eigenvalue weighted by molar-refractivity contribution is 14.1. The van der Waals surface area contributed by atoms with Crippen LogP contribution >= 0.6 is 22.6 Å². The Morgan fingerprint density at radius 1 is 0.897 bits per heavy atom. The number of anilines is 2. The van der Waals surface area contributed by atoms with Crippen molar-refractivity contribution in [3.8, 4) is 11.5 Å². The van der Waals surface area contributed by atoms with Gasteiger partial charge in [0.25, 0.3) is 0 Å². The second-order valence-corrected chi connectivity index (χ2v) is 11.0. The van der Waals surface area contributed by atoms with Crippen molar-refractivity contribution in [2.75, 3.05) is 11.4 Å². The van der Waals surface area contributed by atoms with E-state index in [-0.39, 0.29) is 16.9 Å². The normalized spacial score (nSPS) is 18.7. The molecule has 0 saturated carbocycles. The van der Waals surface area contributed by atoms with Crippen molar-refractivity contribution in [2.45, 2.75) is 58.4 Å². The first kappa shape index (κ1) is 20.5. The van der Waals surface area contributed by atoms with Crippen molar-refractivity contribution < 1.29 is 4.74 Å². The quantitative estimate of drug-likeness (QED) is 0.384. The van der Waals surface area contributed by atoms with Crippen molar-refractivity contribution in [2.24, 2.45) is 4.99 Å². The first-order valence-corrected chi connectivity index (χ1v) is 11.3. The van der Waals surface area contributed by atoms with Crippen LogP contribution in [0, 0.1) is 0 Å². The Balaban J connectivity index is 1.86. The Bertz CT molecular complexity index is 945. The van der Waals surface area contributed by atoms with E-state index >= 15 is 0 Å². The van der Waals surface area contributed by atoms with E-state index in [0.29, 0.717) is 0 Å². The molecule has 2 aliphatic heterocycles. The maximum Gasteiger partial charge on any atom is 0.151 e. The van der Waals surface area contributed by atoms with Crippen molar-refractivity contribution >= 4 is 37.7 Å². The van der Waals surface area contributed by atoms with Gasteiger partial charge in [-0.15, -0.1) is 0 Å². The molecule has 0 aliphatic carbocycles. The minimum Gasteiger partial charge on any atom is -0.453 e. The van der Waals surface area contributed by atoms with Gasteiger partial charge in [0.1, 0.15) is 0 Å². The number of aliphatic imine (C=N–C) groups is 1. The maximum absolute atomic E-state index is 6.49. The van der Waals surface area contributed by atoms with Crippen LogP contribution in [0.25, 0.3) is 0 Å². The van der Waals surface area contributed by atoms with Crippen LogP contribution in [0.3, 0.4) is 0 Å². The highest BCUT2D eigenvalue weighted by Crippen LogP contribution is 2.50. The van der Waals surface area contributed by atoms with Crippen LogP contribution in [0.5, 0.6) is 11.5 Å². The highest BCUT2D eigenvalue weighted by Gasteiger charge is 2.32. The minimum absolute atomic E-state index is 0.0713. The number of fused-ring (bicyclic) bond motifs is 2. The molecule has 1 atom stereocenters. The summed E-state index contributed by atoms with van der Waals surface area (Å²) in [6.45, 7) is 14.2. The molecule has 1 unspecified atom stereocenters. The van der Waals surface area contributed by atoms with Gasteiger partial charge in [-0.1, -0.05) is 59.8 Å². The summed E-state index contributed by atoms with van der Waals surface area (Å²) in [6, 6.07) is 13.4. The van der Waals surface area contributed by atoms with Crippen LogP contribution in [0.1, 0.15) is 52.7 Å². The topological polar surface area (TPSA) is 24.8 Å². The minimum atomic E-state index is 0.0713. The Hall–Kier alpha value is -1.82. The molecule has 29 heavy (non-hydrogen) atoms. The van der Waals surface area contributed by atoms with Crippen LogP contribution in [0.4, 0.5) is 11.4 Å². The fourth-order valence-electron chi connectivity index (χ4n) is 3.78. The molecule has 2 aromatic rings. The smallest absolute Gasteiger partial charge is 0.151 e. The number of allylic oxidation sites excluding steroid dienone is 1. The molecule has 2 heterocycles.